The zero-order chi connectivity index (χ0) is 30.7. The summed E-state index contributed by atoms with van der Waals surface area (Å²) < 4.78 is 32.3. The predicted molar refractivity (Wildman–Crippen MR) is 164 cm³/mol. The van der Waals surface area contributed by atoms with Crippen LogP contribution < -0.4 is 18.9 Å². The molecule has 0 bridgehead atoms. The maximum Gasteiger partial charge on any atom is 0.339 e. The summed E-state index contributed by atoms with van der Waals surface area (Å²) in [4.78, 5) is 24.0. The van der Waals surface area contributed by atoms with E-state index in [1.165, 1.54) is 0 Å². The summed E-state index contributed by atoms with van der Waals surface area (Å²) in [6.45, 7) is 6.23. The van der Waals surface area contributed by atoms with Crippen molar-refractivity contribution in [3.63, 3.8) is 0 Å². The first kappa shape index (κ1) is 28.4. The van der Waals surface area contributed by atoms with Crippen molar-refractivity contribution >= 4 is 28.6 Å². The van der Waals surface area contributed by atoms with Crippen LogP contribution in [0.1, 0.15) is 59.5 Å². The first-order chi connectivity index (χ1) is 21.9. The van der Waals surface area contributed by atoms with Crippen molar-refractivity contribution in [2.24, 2.45) is 0 Å². The monoisotopic (exact) mass is 632 g/mol. The number of carboxylic acid groups (broad SMARTS) is 1. The highest BCUT2D eigenvalue weighted by Crippen LogP contribution is 2.49. The van der Waals surface area contributed by atoms with Gasteiger partial charge in [-0.3, -0.25) is 9.88 Å². The normalized spacial score (nSPS) is 22.8. The van der Waals surface area contributed by atoms with Crippen LogP contribution in [0.2, 0.25) is 5.02 Å². The number of piperidine rings is 1. The van der Waals surface area contributed by atoms with Crippen molar-refractivity contribution in [3.05, 3.63) is 70.3 Å². The molecule has 6 heterocycles. The lowest BCUT2D eigenvalue weighted by Gasteiger charge is -2.33. The molecular formula is C33H33ClN4O7. The molecule has 0 radical (unpaired) electrons. The van der Waals surface area contributed by atoms with Gasteiger partial charge in [-0.15, -0.1) is 0 Å². The molecule has 11 nitrogen and oxygen atoms in total. The number of imidazole rings is 1. The summed E-state index contributed by atoms with van der Waals surface area (Å²) in [5, 5.41) is 10.5. The van der Waals surface area contributed by atoms with E-state index < -0.39 is 11.8 Å². The van der Waals surface area contributed by atoms with Gasteiger partial charge in [0.15, 0.2) is 23.0 Å². The molecule has 1 N–H and O–H groups in total. The molecule has 45 heavy (non-hydrogen) atoms. The smallest absolute Gasteiger partial charge is 0.339 e. The second kappa shape index (κ2) is 11.1. The van der Waals surface area contributed by atoms with Crippen LogP contribution in [0.3, 0.4) is 0 Å². The van der Waals surface area contributed by atoms with Crippen molar-refractivity contribution in [2.75, 3.05) is 32.9 Å². The molecule has 2 aromatic carbocycles. The van der Waals surface area contributed by atoms with E-state index >= 15 is 0 Å². The van der Waals surface area contributed by atoms with Crippen LogP contribution in [0, 0.1) is 0 Å². The third kappa shape index (κ3) is 5.03. The van der Waals surface area contributed by atoms with E-state index in [1.807, 2.05) is 25.1 Å². The number of fused-ring (bicyclic) bond motifs is 4. The van der Waals surface area contributed by atoms with Crippen LogP contribution in [-0.2, 0) is 23.6 Å². The lowest BCUT2D eigenvalue weighted by Crippen LogP contribution is -2.35. The van der Waals surface area contributed by atoms with Gasteiger partial charge in [0.1, 0.15) is 35.8 Å². The molecule has 234 valence electrons. The third-order valence-corrected chi connectivity index (χ3v) is 9.44. The van der Waals surface area contributed by atoms with E-state index in [2.05, 4.69) is 20.5 Å². The highest BCUT2D eigenvalue weighted by molar-refractivity contribution is 6.30. The van der Waals surface area contributed by atoms with Crippen LogP contribution in [0.15, 0.2) is 42.6 Å². The van der Waals surface area contributed by atoms with Gasteiger partial charge in [-0.2, -0.15) is 0 Å². The average molecular weight is 633 g/mol. The summed E-state index contributed by atoms with van der Waals surface area (Å²) in [5.41, 5.74) is 3.25. The Morgan fingerprint density at radius 1 is 1.04 bits per heavy atom. The molecule has 2 aromatic heterocycles. The van der Waals surface area contributed by atoms with Crippen molar-refractivity contribution in [1.29, 1.82) is 0 Å². The Morgan fingerprint density at radius 3 is 2.56 bits per heavy atom. The van der Waals surface area contributed by atoms with Crippen molar-refractivity contribution < 1.29 is 33.6 Å². The zero-order valence-electron chi connectivity index (χ0n) is 24.8. The molecule has 0 unspecified atom stereocenters. The SMILES string of the molecule is C[C@]1(c2ccc(Cl)cn2)Oc2cccc(C3CCN(Cc4nc5c6c(c(C(=O)O)cc5n4C[C@@H]4CCO4)OCCO6)CC3)c2O1. The van der Waals surface area contributed by atoms with Gasteiger partial charge in [-0.25, -0.2) is 9.78 Å². The van der Waals surface area contributed by atoms with E-state index in [9.17, 15) is 9.90 Å². The Kier molecular flexibility index (Phi) is 7.00. The van der Waals surface area contributed by atoms with E-state index in [4.69, 9.17) is 40.3 Å². The first-order valence-electron chi connectivity index (χ1n) is 15.4. The van der Waals surface area contributed by atoms with Crippen molar-refractivity contribution in [3.8, 4) is 23.0 Å². The first-order valence-corrected chi connectivity index (χ1v) is 15.8. The molecule has 2 saturated heterocycles. The van der Waals surface area contributed by atoms with Gasteiger partial charge in [-0.1, -0.05) is 23.7 Å². The summed E-state index contributed by atoms with van der Waals surface area (Å²) in [5.74, 6) is 1.24. The molecule has 4 aliphatic heterocycles. The summed E-state index contributed by atoms with van der Waals surface area (Å²) in [6, 6.07) is 11.4. The minimum Gasteiger partial charge on any atom is -0.485 e. The zero-order valence-corrected chi connectivity index (χ0v) is 25.6. The van der Waals surface area contributed by atoms with Crippen LogP contribution in [0.5, 0.6) is 23.0 Å². The topological polar surface area (TPSA) is 117 Å². The van der Waals surface area contributed by atoms with Crippen LogP contribution in [-0.4, -0.2) is 69.5 Å². The second-order valence-electron chi connectivity index (χ2n) is 12.1. The maximum atomic E-state index is 12.2. The van der Waals surface area contributed by atoms with Crippen molar-refractivity contribution in [1.82, 2.24) is 19.4 Å². The number of aromatic nitrogens is 3. The van der Waals surface area contributed by atoms with Gasteiger partial charge >= 0.3 is 5.97 Å². The Labute approximate surface area is 264 Å². The molecule has 2 fully saturated rings. The molecule has 4 aromatic rings. The Hall–Kier alpha value is -4.06. The molecule has 8 rings (SSSR count). The number of likely N-dealkylation sites (tertiary alicyclic amines) is 1. The fourth-order valence-corrected chi connectivity index (χ4v) is 6.87. The summed E-state index contributed by atoms with van der Waals surface area (Å²) in [7, 11) is 0. The number of pyridine rings is 1. The highest BCUT2D eigenvalue weighted by atomic mass is 35.5. The lowest BCUT2D eigenvalue weighted by molar-refractivity contribution is -0.0722. The second-order valence-corrected chi connectivity index (χ2v) is 12.5. The van der Waals surface area contributed by atoms with Gasteiger partial charge in [0, 0.05) is 25.3 Å². The molecular weight excluding hydrogens is 600 g/mol. The lowest BCUT2D eigenvalue weighted by atomic mass is 9.88. The van der Waals surface area contributed by atoms with Gasteiger partial charge in [0.25, 0.3) is 5.79 Å². The minimum absolute atomic E-state index is 0.0736. The van der Waals surface area contributed by atoms with E-state index in [0.717, 1.165) is 67.4 Å². The fraction of sp³-hybridized carbons (Fsp3) is 0.424. The molecule has 0 aliphatic carbocycles. The van der Waals surface area contributed by atoms with Crippen LogP contribution in [0.4, 0.5) is 0 Å². The number of aromatic carboxylic acids is 1. The maximum absolute atomic E-state index is 12.2. The standard InChI is InChI=1S/C33H33ClN4O7/c1-33(26-6-5-20(34)16-35-26)44-25-4-2-3-22(29(25)45-33)19-7-10-37(11-8-19)18-27-36-28-24(38(27)17-21-9-12-41-21)15-23(32(39)40)30-31(28)43-14-13-42-30/h2-6,15-16,19,21H,7-14,17-18H2,1H3,(H,39,40)/t21-,33-/m0/s1. The van der Waals surface area contributed by atoms with Crippen LogP contribution >= 0.6 is 11.6 Å². The molecule has 0 spiro atoms. The van der Waals surface area contributed by atoms with Gasteiger partial charge in [-0.05, 0) is 62.5 Å². The van der Waals surface area contributed by atoms with E-state index in [-0.39, 0.29) is 17.4 Å². The number of para-hydroxylation sites is 1. The molecule has 0 amide bonds. The summed E-state index contributed by atoms with van der Waals surface area (Å²) in [6.07, 6.45) is 4.52. The molecule has 0 saturated carbocycles. The Balaban J connectivity index is 1.03. The number of rotatable bonds is 7. The predicted octanol–water partition coefficient (Wildman–Crippen LogP) is 5.37. The summed E-state index contributed by atoms with van der Waals surface area (Å²) >= 11 is 6.06. The molecule has 12 heteroatoms. The van der Waals surface area contributed by atoms with Crippen molar-refractivity contribution in [2.45, 2.75) is 57.1 Å². The van der Waals surface area contributed by atoms with E-state index in [0.29, 0.717) is 54.2 Å². The van der Waals surface area contributed by atoms with E-state index in [1.54, 1.807) is 18.3 Å². The number of hydrogen-bond donors (Lipinski definition) is 1. The Bertz CT molecular complexity index is 1780. The van der Waals surface area contributed by atoms with Gasteiger partial charge in [0.05, 0.1) is 29.7 Å². The number of hydrogen-bond acceptors (Lipinski definition) is 9. The number of benzene rings is 2. The number of ether oxygens (including phenoxy) is 5. The number of carbonyl (C=O) groups is 1. The number of carboxylic acids is 1. The third-order valence-electron chi connectivity index (χ3n) is 9.21. The van der Waals surface area contributed by atoms with Crippen LogP contribution in [0.25, 0.3) is 11.0 Å². The largest absolute Gasteiger partial charge is 0.485 e. The minimum atomic E-state index is -1.05. The molecule has 2 atom stereocenters. The average Bonchev–Trinajstić information content (AvgIpc) is 3.56. The number of nitrogens with zero attached hydrogens (tertiary/aromatic N) is 4. The Morgan fingerprint density at radius 2 is 1.84 bits per heavy atom. The van der Waals surface area contributed by atoms with Gasteiger partial charge in [0.2, 0.25) is 0 Å². The number of halogens is 1. The highest BCUT2D eigenvalue weighted by Gasteiger charge is 2.42. The molecule has 4 aliphatic rings. The quantitative estimate of drug-likeness (QED) is 0.285. The fourth-order valence-electron chi connectivity index (χ4n) is 6.76. The van der Waals surface area contributed by atoms with Gasteiger partial charge < -0.3 is 33.4 Å².